The number of aryl methyl sites for hydroxylation is 1. The van der Waals surface area contributed by atoms with Crippen LogP contribution in [0.5, 0.6) is 5.75 Å². The number of ether oxygens (including phenoxy) is 1. The van der Waals surface area contributed by atoms with Crippen molar-refractivity contribution >= 4 is 11.9 Å². The molecule has 0 aliphatic carbocycles. The van der Waals surface area contributed by atoms with Crippen molar-refractivity contribution in [2.45, 2.75) is 32.9 Å². The minimum Gasteiger partial charge on any atom is -0.478 e. The number of hydrogen-bond donors (Lipinski definition) is 2. The summed E-state index contributed by atoms with van der Waals surface area (Å²) in [7, 11) is 0. The van der Waals surface area contributed by atoms with E-state index in [4.69, 9.17) is 4.74 Å². The summed E-state index contributed by atoms with van der Waals surface area (Å²) in [4.78, 5) is 23.4. The van der Waals surface area contributed by atoms with Crippen LogP contribution in [-0.4, -0.2) is 39.4 Å². The van der Waals surface area contributed by atoms with Crippen molar-refractivity contribution in [1.82, 2.24) is 15.1 Å². The first-order valence-corrected chi connectivity index (χ1v) is 7.93. The number of amides is 1. The Morgan fingerprint density at radius 1 is 1.26 bits per heavy atom. The number of benzene rings is 1. The van der Waals surface area contributed by atoms with E-state index in [1.807, 2.05) is 0 Å². The highest BCUT2D eigenvalue weighted by Crippen LogP contribution is 2.19. The molecule has 0 saturated carbocycles. The third-order valence-corrected chi connectivity index (χ3v) is 3.85. The number of aromatic nitrogens is 2. The predicted octanol–water partition coefficient (Wildman–Crippen LogP) is 2.23. The fraction of sp³-hybridized carbons (Fsp3) is 0.353. The maximum atomic E-state index is 12.9. The second-order valence-electron chi connectivity index (χ2n) is 5.75. The fourth-order valence-corrected chi connectivity index (χ4v) is 2.43. The van der Waals surface area contributed by atoms with Gasteiger partial charge in [0, 0.05) is 11.3 Å². The summed E-state index contributed by atoms with van der Waals surface area (Å²) in [5.74, 6) is -2.26. The molecule has 1 unspecified atom stereocenters. The number of aliphatic carboxylic acids is 1. The molecule has 2 N–H and O–H groups in total. The van der Waals surface area contributed by atoms with Gasteiger partial charge in [0.05, 0.1) is 18.7 Å². The van der Waals surface area contributed by atoms with Crippen molar-refractivity contribution in [2.75, 3.05) is 6.54 Å². The van der Waals surface area contributed by atoms with Gasteiger partial charge in [-0.15, -0.1) is 0 Å². The lowest BCUT2D eigenvalue weighted by Gasteiger charge is -2.16. The molecule has 2 aromatic rings. The van der Waals surface area contributed by atoms with Crippen LogP contribution in [0.4, 0.5) is 13.2 Å². The minimum absolute atomic E-state index is 0.128. The molecule has 2 rings (SSSR count). The average Bonchev–Trinajstić information content (AvgIpc) is 2.88. The third-order valence-electron chi connectivity index (χ3n) is 3.85. The maximum Gasteiger partial charge on any atom is 0.346 e. The molecule has 1 aromatic carbocycles. The molecule has 1 aromatic heterocycles. The number of alkyl halides is 2. The molecule has 0 radical (unpaired) electrons. The summed E-state index contributed by atoms with van der Waals surface area (Å²) >= 11 is 0. The predicted molar refractivity (Wildman–Crippen MR) is 88.1 cm³/mol. The molecule has 1 amide bonds. The number of carboxylic acid groups (broad SMARTS) is 1. The molecule has 1 heterocycles. The zero-order valence-electron chi connectivity index (χ0n) is 14.6. The Balaban J connectivity index is 1.98. The fourth-order valence-electron chi connectivity index (χ4n) is 2.43. The van der Waals surface area contributed by atoms with Crippen LogP contribution in [0.3, 0.4) is 0 Å². The number of nitrogens with one attached hydrogen (secondary N) is 1. The van der Waals surface area contributed by atoms with Crippen LogP contribution in [0.2, 0.25) is 0 Å². The third kappa shape index (κ3) is 5.22. The van der Waals surface area contributed by atoms with Crippen LogP contribution in [0.15, 0.2) is 24.3 Å². The van der Waals surface area contributed by atoms with Crippen molar-refractivity contribution < 1.29 is 32.6 Å². The molecule has 7 nitrogen and oxygen atoms in total. The topological polar surface area (TPSA) is 93.5 Å². The quantitative estimate of drug-likeness (QED) is 0.727. The van der Waals surface area contributed by atoms with Gasteiger partial charge in [-0.05, 0) is 38.1 Å². The lowest BCUT2D eigenvalue weighted by molar-refractivity contribution is -0.145. The number of nitrogens with zero attached hydrogens (tertiary/aromatic N) is 2. The van der Waals surface area contributed by atoms with E-state index in [2.05, 4.69) is 10.4 Å². The monoisotopic (exact) mass is 385 g/mol. The highest BCUT2D eigenvalue weighted by molar-refractivity contribution is 5.80. The number of hydrogen-bond acceptors (Lipinski definition) is 4. The van der Waals surface area contributed by atoms with Gasteiger partial charge in [-0.25, -0.2) is 13.9 Å². The van der Waals surface area contributed by atoms with Crippen molar-refractivity contribution in [3.05, 3.63) is 47.0 Å². The maximum absolute atomic E-state index is 12.9. The first-order valence-electron chi connectivity index (χ1n) is 7.93. The van der Waals surface area contributed by atoms with E-state index >= 15 is 0 Å². The largest absolute Gasteiger partial charge is 0.478 e. The second-order valence-corrected chi connectivity index (χ2v) is 5.75. The summed E-state index contributed by atoms with van der Waals surface area (Å²) in [6.45, 7) is -0.244. The number of rotatable bonds is 8. The van der Waals surface area contributed by atoms with Crippen LogP contribution in [0.1, 0.15) is 23.5 Å². The van der Waals surface area contributed by atoms with Gasteiger partial charge in [-0.2, -0.15) is 13.9 Å². The number of carbonyl (C=O) groups excluding carboxylic acids is 1. The standard InChI is InChI=1S/C17H18F3N3O4/c1-9-13(10(2)23(22-9)17(19)20)7-15(24)21-8-14(16(25)26)27-12-5-3-11(18)4-6-12/h3-6,14,17H,7-8H2,1-2H3,(H,21,24)(H,25,26). The molecule has 1 atom stereocenters. The molecule has 0 bridgehead atoms. The Kier molecular flexibility index (Phi) is 6.43. The SMILES string of the molecule is Cc1nn(C(F)F)c(C)c1CC(=O)NCC(Oc1ccc(F)cc1)C(=O)O. The Morgan fingerprint density at radius 3 is 2.41 bits per heavy atom. The highest BCUT2D eigenvalue weighted by Gasteiger charge is 2.22. The van der Waals surface area contributed by atoms with Crippen LogP contribution in [0, 0.1) is 19.7 Å². The van der Waals surface area contributed by atoms with Crippen LogP contribution >= 0.6 is 0 Å². The molecule has 0 aliphatic heterocycles. The van der Waals surface area contributed by atoms with E-state index in [1.54, 1.807) is 0 Å². The van der Waals surface area contributed by atoms with E-state index in [-0.39, 0.29) is 24.4 Å². The van der Waals surface area contributed by atoms with E-state index in [0.717, 1.165) is 12.1 Å². The van der Waals surface area contributed by atoms with Gasteiger partial charge in [0.15, 0.2) is 0 Å². The molecule has 0 aliphatic rings. The van der Waals surface area contributed by atoms with Crippen molar-refractivity contribution in [3.8, 4) is 5.75 Å². The summed E-state index contributed by atoms with van der Waals surface area (Å²) in [5, 5.41) is 15.3. The lowest BCUT2D eigenvalue weighted by atomic mass is 10.1. The zero-order chi connectivity index (χ0) is 20.1. The Bertz CT molecular complexity index is 822. The van der Waals surface area contributed by atoms with Gasteiger partial charge in [0.1, 0.15) is 11.6 Å². The molecule has 27 heavy (non-hydrogen) atoms. The van der Waals surface area contributed by atoms with Crippen LogP contribution < -0.4 is 10.1 Å². The van der Waals surface area contributed by atoms with Gasteiger partial charge in [-0.3, -0.25) is 4.79 Å². The Hall–Kier alpha value is -3.04. The smallest absolute Gasteiger partial charge is 0.346 e. The lowest BCUT2D eigenvalue weighted by Crippen LogP contribution is -2.41. The summed E-state index contributed by atoms with van der Waals surface area (Å²) in [5.41, 5.74) is 0.800. The molecular weight excluding hydrogens is 367 g/mol. The summed E-state index contributed by atoms with van der Waals surface area (Å²) in [6.07, 6.45) is -1.63. The summed E-state index contributed by atoms with van der Waals surface area (Å²) < 4.78 is 44.3. The Morgan fingerprint density at radius 2 is 1.89 bits per heavy atom. The van der Waals surface area contributed by atoms with Crippen LogP contribution in [0.25, 0.3) is 0 Å². The first kappa shape index (κ1) is 20.3. The zero-order valence-corrected chi connectivity index (χ0v) is 14.6. The first-order chi connectivity index (χ1) is 12.7. The summed E-state index contributed by atoms with van der Waals surface area (Å²) in [6, 6.07) is 4.75. The normalized spacial score (nSPS) is 12.1. The van der Waals surface area contributed by atoms with E-state index in [0.29, 0.717) is 15.9 Å². The van der Waals surface area contributed by atoms with Crippen LogP contribution in [-0.2, 0) is 16.0 Å². The molecule has 0 saturated heterocycles. The second kappa shape index (κ2) is 8.56. The minimum atomic E-state index is -2.82. The molecule has 0 fully saturated rings. The van der Waals surface area contributed by atoms with Gasteiger partial charge in [0.2, 0.25) is 12.0 Å². The molecule has 0 spiro atoms. The number of carbonyl (C=O) groups is 2. The Labute approximate surface area is 152 Å². The van der Waals surface area contributed by atoms with Gasteiger partial charge >= 0.3 is 12.5 Å². The number of halogens is 3. The van der Waals surface area contributed by atoms with E-state index in [1.165, 1.54) is 26.0 Å². The molecule has 10 heteroatoms. The van der Waals surface area contributed by atoms with Gasteiger partial charge < -0.3 is 15.2 Å². The van der Waals surface area contributed by atoms with Crippen molar-refractivity contribution in [2.24, 2.45) is 0 Å². The average molecular weight is 385 g/mol. The van der Waals surface area contributed by atoms with E-state index in [9.17, 15) is 27.9 Å². The van der Waals surface area contributed by atoms with Crippen molar-refractivity contribution in [3.63, 3.8) is 0 Å². The highest BCUT2D eigenvalue weighted by atomic mass is 19.3. The molecule has 146 valence electrons. The van der Waals surface area contributed by atoms with Gasteiger partial charge in [-0.1, -0.05) is 0 Å². The van der Waals surface area contributed by atoms with Gasteiger partial charge in [0.25, 0.3) is 0 Å². The van der Waals surface area contributed by atoms with Crippen molar-refractivity contribution in [1.29, 1.82) is 0 Å². The molecular formula is C17H18F3N3O4. The number of carboxylic acids is 1. The van der Waals surface area contributed by atoms with E-state index < -0.39 is 30.3 Å².